The van der Waals surface area contributed by atoms with E-state index >= 15 is 0 Å². The minimum Gasteiger partial charge on any atom is -1.00 e. The van der Waals surface area contributed by atoms with Gasteiger partial charge in [0.25, 0.3) is 0 Å². The predicted octanol–water partition coefficient (Wildman–Crippen LogP) is -4.96. The molecule has 0 unspecified atom stereocenters. The largest absolute Gasteiger partial charge is 1.00 e. The molecule has 0 aromatic rings. The maximum absolute atomic E-state index is 5.31. The Bertz CT molecular complexity index is 58.8. The average Bonchev–Trinajstić information content (AvgIpc) is 1.66. The zero-order valence-electron chi connectivity index (χ0n) is 9.56. The molecule has 0 aliphatic rings. The van der Waals surface area contributed by atoms with Crippen LogP contribution in [-0.2, 0) is 0 Å². The van der Waals surface area contributed by atoms with Gasteiger partial charge in [-0.25, -0.2) is 0 Å². The molecule has 4 heteroatoms. The molecule has 0 saturated carbocycles. The van der Waals surface area contributed by atoms with Crippen molar-refractivity contribution >= 4 is 0 Å². The molecule has 0 aliphatic heterocycles. The van der Waals surface area contributed by atoms with Crippen molar-refractivity contribution in [1.82, 2.24) is 0 Å². The Morgan fingerprint density at radius 2 is 1.70 bits per heavy atom. The fourth-order valence-electron chi connectivity index (χ4n) is 0.630. The van der Waals surface area contributed by atoms with Crippen molar-refractivity contribution in [2.24, 2.45) is 11.5 Å². The van der Waals surface area contributed by atoms with Crippen LogP contribution in [0.25, 0.3) is 0 Å². The first-order chi connectivity index (χ1) is 3.77. The third-order valence-electron chi connectivity index (χ3n) is 1.14. The molecule has 0 radical (unpaired) electrons. The quantitative estimate of drug-likeness (QED) is 0.248. The Kier molecular flexibility index (Phi) is 24.1. The molecule has 0 atom stereocenters. The summed E-state index contributed by atoms with van der Waals surface area (Å²) in [4.78, 5) is 0. The van der Waals surface area contributed by atoms with Crippen molar-refractivity contribution in [3.63, 3.8) is 0 Å². The van der Waals surface area contributed by atoms with Crippen LogP contribution < -0.4 is 70.6 Å². The van der Waals surface area contributed by atoms with Crippen molar-refractivity contribution in [2.45, 2.75) is 38.8 Å². The van der Waals surface area contributed by atoms with E-state index in [2.05, 4.69) is 6.92 Å². The predicted molar refractivity (Wildman–Crippen MR) is 38.5 cm³/mol. The second kappa shape index (κ2) is 13.5. The Labute approximate surface area is 111 Å². The Morgan fingerprint density at radius 1 is 1.20 bits per heavy atom. The van der Waals surface area contributed by atoms with Crippen LogP contribution in [0.1, 0.15) is 35.5 Å². The summed E-state index contributed by atoms with van der Waals surface area (Å²) >= 11 is 0. The number of hydrogen-bond donors (Lipinski definition) is 2. The van der Waals surface area contributed by atoms with E-state index in [1.807, 2.05) is 0 Å². The zero-order valence-corrected chi connectivity index (χ0v) is 11.6. The molecule has 54 valence electrons. The minimum atomic E-state index is -0.0958. The minimum absolute atomic E-state index is 0. The van der Waals surface area contributed by atoms with Gasteiger partial charge in [0.05, 0.1) is 6.17 Å². The van der Waals surface area contributed by atoms with Gasteiger partial charge >= 0.3 is 59.1 Å². The maximum Gasteiger partial charge on any atom is 1.00 e. The summed E-state index contributed by atoms with van der Waals surface area (Å²) in [7, 11) is 0. The number of hydrogen-bond acceptors (Lipinski definition) is 2. The van der Waals surface area contributed by atoms with Gasteiger partial charge in [-0.2, -0.15) is 0 Å². The average molecular weight is 164 g/mol. The summed E-state index contributed by atoms with van der Waals surface area (Å²) in [6.07, 6.45) is 4.54. The third-order valence-corrected chi connectivity index (χ3v) is 1.14. The molecule has 0 amide bonds. The molecule has 0 fully saturated rings. The normalized spacial score (nSPS) is 8.40. The van der Waals surface area contributed by atoms with Crippen molar-refractivity contribution in [1.29, 1.82) is 0 Å². The van der Waals surface area contributed by atoms with E-state index in [0.29, 0.717) is 0 Å². The van der Waals surface area contributed by atoms with E-state index in [0.717, 1.165) is 6.42 Å². The summed E-state index contributed by atoms with van der Waals surface area (Å²) in [6, 6.07) is 0. The van der Waals surface area contributed by atoms with E-state index in [9.17, 15) is 0 Å². The van der Waals surface area contributed by atoms with E-state index in [-0.39, 0.29) is 68.1 Å². The fraction of sp³-hybridized carbons (Fsp3) is 1.00. The van der Waals surface area contributed by atoms with Crippen molar-refractivity contribution in [2.75, 3.05) is 0 Å². The zero-order chi connectivity index (χ0) is 6.41. The van der Waals surface area contributed by atoms with E-state index in [1.165, 1.54) is 19.3 Å². The SMILES string of the molecule is CCCCCC(N)N.[H-].[H-].[Na+].[Na+]. The van der Waals surface area contributed by atoms with Gasteiger partial charge in [-0.05, 0) is 6.42 Å². The van der Waals surface area contributed by atoms with Crippen LogP contribution in [0.2, 0.25) is 0 Å². The molecule has 0 saturated heterocycles. The third kappa shape index (κ3) is 16.5. The van der Waals surface area contributed by atoms with Crippen LogP contribution in [0.3, 0.4) is 0 Å². The van der Waals surface area contributed by atoms with Gasteiger partial charge in [-0.15, -0.1) is 0 Å². The number of rotatable bonds is 4. The topological polar surface area (TPSA) is 52.0 Å². The Hall–Kier alpha value is 1.92. The maximum atomic E-state index is 5.31. The van der Waals surface area contributed by atoms with E-state index < -0.39 is 0 Å². The molecule has 0 aliphatic carbocycles. The fourth-order valence-corrected chi connectivity index (χ4v) is 0.630. The van der Waals surface area contributed by atoms with Crippen LogP contribution in [0.15, 0.2) is 0 Å². The van der Waals surface area contributed by atoms with Crippen LogP contribution in [0, 0.1) is 0 Å². The first kappa shape index (κ1) is 17.9. The molecule has 4 N–H and O–H groups in total. The smallest absolute Gasteiger partial charge is 1.00 e. The van der Waals surface area contributed by atoms with Crippen LogP contribution >= 0.6 is 0 Å². The summed E-state index contributed by atoms with van der Waals surface area (Å²) in [6.45, 7) is 2.17. The van der Waals surface area contributed by atoms with Gasteiger partial charge in [-0.3, -0.25) is 0 Å². The first-order valence-electron chi connectivity index (χ1n) is 3.28. The molecular formula is C6H18N2Na2. The molecule has 0 aromatic carbocycles. The van der Waals surface area contributed by atoms with Crippen LogP contribution in [-0.4, -0.2) is 6.17 Å². The standard InChI is InChI=1S/C6H16N2.2Na.2H/c1-2-3-4-5-6(7)8;;;;/h6H,2-5,7-8H2,1H3;;;;/q;2*+1;2*-1. The number of nitrogens with two attached hydrogens (primary N) is 2. The molecular weight excluding hydrogens is 146 g/mol. The summed E-state index contributed by atoms with van der Waals surface area (Å²) in [5.41, 5.74) is 10.6. The van der Waals surface area contributed by atoms with E-state index in [4.69, 9.17) is 11.5 Å². The monoisotopic (exact) mass is 164 g/mol. The Balaban J connectivity index is -0.0000000408. The second-order valence-corrected chi connectivity index (χ2v) is 2.16. The molecule has 0 aromatic heterocycles. The molecule has 2 nitrogen and oxygen atoms in total. The van der Waals surface area contributed by atoms with Crippen LogP contribution in [0.4, 0.5) is 0 Å². The van der Waals surface area contributed by atoms with Gasteiger partial charge in [0.2, 0.25) is 0 Å². The van der Waals surface area contributed by atoms with Crippen LogP contribution in [0.5, 0.6) is 0 Å². The summed E-state index contributed by atoms with van der Waals surface area (Å²) < 4.78 is 0. The van der Waals surface area contributed by atoms with E-state index in [1.54, 1.807) is 0 Å². The van der Waals surface area contributed by atoms with Crippen molar-refractivity contribution in [3.05, 3.63) is 0 Å². The second-order valence-electron chi connectivity index (χ2n) is 2.16. The molecule has 10 heavy (non-hydrogen) atoms. The van der Waals surface area contributed by atoms with Gasteiger partial charge in [0, 0.05) is 0 Å². The van der Waals surface area contributed by atoms with Gasteiger partial charge in [0.15, 0.2) is 0 Å². The molecule has 0 spiro atoms. The summed E-state index contributed by atoms with van der Waals surface area (Å²) in [5.74, 6) is 0. The summed E-state index contributed by atoms with van der Waals surface area (Å²) in [5, 5.41) is 0. The molecule has 0 heterocycles. The first-order valence-corrected chi connectivity index (χ1v) is 3.28. The Morgan fingerprint density at radius 3 is 2.00 bits per heavy atom. The molecule has 0 rings (SSSR count). The van der Waals surface area contributed by atoms with Crippen molar-refractivity contribution < 1.29 is 62.0 Å². The van der Waals surface area contributed by atoms with Gasteiger partial charge in [-0.1, -0.05) is 26.2 Å². The molecule has 0 bridgehead atoms. The van der Waals surface area contributed by atoms with Gasteiger partial charge < -0.3 is 14.3 Å². The number of unbranched alkanes of at least 4 members (excludes halogenated alkanes) is 2. The van der Waals surface area contributed by atoms with Gasteiger partial charge in [0.1, 0.15) is 0 Å². The van der Waals surface area contributed by atoms with Crippen molar-refractivity contribution in [3.8, 4) is 0 Å².